The van der Waals surface area contributed by atoms with Crippen molar-refractivity contribution in [3.8, 4) is 0 Å². The van der Waals surface area contributed by atoms with Crippen LogP contribution in [0.3, 0.4) is 0 Å². The fraction of sp³-hybridized carbons (Fsp3) is 0.118. The molecule has 1 atom stereocenters. The van der Waals surface area contributed by atoms with Crippen LogP contribution in [0.4, 0.5) is 0 Å². The SMILES string of the molecule is CNC(c1ccccc1Br)c1cccc2ncccc12. The Balaban J connectivity index is 2.20. The van der Waals surface area contributed by atoms with Crippen LogP contribution in [0.5, 0.6) is 0 Å². The quantitative estimate of drug-likeness (QED) is 0.775. The molecule has 100 valence electrons. The summed E-state index contributed by atoms with van der Waals surface area (Å²) in [7, 11) is 1.99. The molecule has 2 nitrogen and oxygen atoms in total. The van der Waals surface area contributed by atoms with E-state index in [0.717, 1.165) is 9.99 Å². The molecule has 0 fully saturated rings. The Hall–Kier alpha value is -1.71. The van der Waals surface area contributed by atoms with Gasteiger partial charge >= 0.3 is 0 Å². The normalized spacial score (nSPS) is 12.5. The molecule has 0 aliphatic carbocycles. The first-order chi connectivity index (χ1) is 9.81. The number of aromatic nitrogens is 1. The Bertz CT molecular complexity index is 734. The first-order valence-electron chi connectivity index (χ1n) is 6.56. The summed E-state index contributed by atoms with van der Waals surface area (Å²) in [6, 6.07) is 18.8. The van der Waals surface area contributed by atoms with E-state index < -0.39 is 0 Å². The third kappa shape index (κ3) is 2.35. The fourth-order valence-corrected chi connectivity index (χ4v) is 3.08. The third-order valence-corrected chi connectivity index (χ3v) is 4.22. The minimum atomic E-state index is 0.137. The highest BCUT2D eigenvalue weighted by molar-refractivity contribution is 9.10. The molecule has 0 amide bonds. The van der Waals surface area contributed by atoms with Crippen LogP contribution in [0.15, 0.2) is 65.3 Å². The average Bonchev–Trinajstić information content (AvgIpc) is 2.50. The van der Waals surface area contributed by atoms with Gasteiger partial charge in [0.1, 0.15) is 0 Å². The number of halogens is 1. The number of benzene rings is 2. The van der Waals surface area contributed by atoms with Gasteiger partial charge in [-0.15, -0.1) is 0 Å². The summed E-state index contributed by atoms with van der Waals surface area (Å²) in [5.74, 6) is 0. The van der Waals surface area contributed by atoms with Crippen molar-refractivity contribution in [2.75, 3.05) is 7.05 Å². The van der Waals surface area contributed by atoms with E-state index in [-0.39, 0.29) is 6.04 Å². The number of nitrogens with zero attached hydrogens (tertiary/aromatic N) is 1. The van der Waals surface area contributed by atoms with Gasteiger partial charge in [0.25, 0.3) is 0 Å². The molecule has 1 N–H and O–H groups in total. The van der Waals surface area contributed by atoms with Crippen LogP contribution < -0.4 is 5.32 Å². The molecule has 3 rings (SSSR count). The molecule has 1 heterocycles. The van der Waals surface area contributed by atoms with Crippen LogP contribution in [-0.4, -0.2) is 12.0 Å². The van der Waals surface area contributed by atoms with E-state index in [1.807, 2.05) is 31.4 Å². The Morgan fingerprint density at radius 1 is 0.950 bits per heavy atom. The van der Waals surface area contributed by atoms with Crippen LogP contribution >= 0.6 is 15.9 Å². The second-order valence-electron chi connectivity index (χ2n) is 4.66. The van der Waals surface area contributed by atoms with Crippen molar-refractivity contribution in [2.24, 2.45) is 0 Å². The van der Waals surface area contributed by atoms with Gasteiger partial charge in [0.05, 0.1) is 11.6 Å². The molecular formula is C17H15BrN2. The maximum absolute atomic E-state index is 4.44. The first kappa shape index (κ1) is 13.3. The van der Waals surface area contributed by atoms with Gasteiger partial charge < -0.3 is 5.32 Å². The zero-order valence-electron chi connectivity index (χ0n) is 11.2. The average molecular weight is 327 g/mol. The van der Waals surface area contributed by atoms with E-state index in [9.17, 15) is 0 Å². The van der Waals surface area contributed by atoms with Crippen molar-refractivity contribution in [1.82, 2.24) is 10.3 Å². The largest absolute Gasteiger partial charge is 0.309 e. The molecule has 0 saturated heterocycles. The molecule has 3 aromatic rings. The predicted octanol–water partition coefficient (Wildman–Crippen LogP) is 4.31. The van der Waals surface area contributed by atoms with E-state index in [2.05, 4.69) is 62.6 Å². The molecular weight excluding hydrogens is 312 g/mol. The van der Waals surface area contributed by atoms with Crippen molar-refractivity contribution < 1.29 is 0 Å². The third-order valence-electron chi connectivity index (χ3n) is 3.50. The van der Waals surface area contributed by atoms with E-state index in [1.165, 1.54) is 16.5 Å². The molecule has 2 aromatic carbocycles. The summed E-state index contributed by atoms with van der Waals surface area (Å²) >= 11 is 3.64. The molecule has 0 aliphatic heterocycles. The molecule has 3 heteroatoms. The monoisotopic (exact) mass is 326 g/mol. The summed E-state index contributed by atoms with van der Waals surface area (Å²) in [4.78, 5) is 4.44. The second kappa shape index (κ2) is 5.73. The number of hydrogen-bond acceptors (Lipinski definition) is 2. The summed E-state index contributed by atoms with van der Waals surface area (Å²) in [6.07, 6.45) is 1.83. The Morgan fingerprint density at radius 3 is 2.55 bits per heavy atom. The summed E-state index contributed by atoms with van der Waals surface area (Å²) in [5.41, 5.74) is 3.49. The standard InChI is InChI=1S/C17H15BrN2/c1-19-17(14-6-2-3-9-15(14)18)13-7-4-10-16-12(13)8-5-11-20-16/h2-11,17,19H,1H3. The summed E-state index contributed by atoms with van der Waals surface area (Å²) in [5, 5.41) is 4.60. The predicted molar refractivity (Wildman–Crippen MR) is 86.8 cm³/mol. The van der Waals surface area contributed by atoms with Gasteiger partial charge in [-0.05, 0) is 36.4 Å². The molecule has 0 aliphatic rings. The zero-order valence-corrected chi connectivity index (χ0v) is 12.8. The van der Waals surface area contributed by atoms with Gasteiger partial charge in [0.15, 0.2) is 0 Å². The topological polar surface area (TPSA) is 24.9 Å². The van der Waals surface area contributed by atoms with E-state index in [1.54, 1.807) is 0 Å². The van der Waals surface area contributed by atoms with Crippen LogP contribution in [0, 0.1) is 0 Å². The van der Waals surface area contributed by atoms with E-state index >= 15 is 0 Å². The smallest absolute Gasteiger partial charge is 0.0705 e. The lowest BCUT2D eigenvalue weighted by molar-refractivity contribution is 0.694. The van der Waals surface area contributed by atoms with Crippen LogP contribution in [0.25, 0.3) is 10.9 Å². The van der Waals surface area contributed by atoms with Gasteiger partial charge in [-0.2, -0.15) is 0 Å². The molecule has 0 bridgehead atoms. The van der Waals surface area contributed by atoms with Gasteiger partial charge in [-0.3, -0.25) is 4.98 Å². The first-order valence-corrected chi connectivity index (χ1v) is 7.36. The van der Waals surface area contributed by atoms with Crippen molar-refractivity contribution in [3.63, 3.8) is 0 Å². The summed E-state index contributed by atoms with van der Waals surface area (Å²) in [6.45, 7) is 0. The maximum atomic E-state index is 4.44. The van der Waals surface area contributed by atoms with Gasteiger partial charge in [-0.1, -0.05) is 52.3 Å². The molecule has 0 saturated carbocycles. The zero-order chi connectivity index (χ0) is 13.9. The van der Waals surface area contributed by atoms with Crippen molar-refractivity contribution in [1.29, 1.82) is 0 Å². The number of rotatable bonds is 3. The lowest BCUT2D eigenvalue weighted by Crippen LogP contribution is -2.18. The minimum absolute atomic E-state index is 0.137. The van der Waals surface area contributed by atoms with Crippen molar-refractivity contribution in [3.05, 3.63) is 76.4 Å². The minimum Gasteiger partial charge on any atom is -0.309 e. The highest BCUT2D eigenvalue weighted by Crippen LogP contribution is 2.31. The van der Waals surface area contributed by atoms with Crippen molar-refractivity contribution in [2.45, 2.75) is 6.04 Å². The highest BCUT2D eigenvalue weighted by atomic mass is 79.9. The van der Waals surface area contributed by atoms with Gasteiger partial charge in [0, 0.05) is 16.1 Å². The number of nitrogens with one attached hydrogen (secondary N) is 1. The maximum Gasteiger partial charge on any atom is 0.0705 e. The lowest BCUT2D eigenvalue weighted by atomic mass is 9.95. The van der Waals surface area contributed by atoms with Crippen LogP contribution in [0.2, 0.25) is 0 Å². The fourth-order valence-electron chi connectivity index (χ4n) is 2.57. The van der Waals surface area contributed by atoms with E-state index in [4.69, 9.17) is 0 Å². The Labute approximate surface area is 127 Å². The van der Waals surface area contributed by atoms with E-state index in [0.29, 0.717) is 0 Å². The highest BCUT2D eigenvalue weighted by Gasteiger charge is 2.16. The molecule has 1 aromatic heterocycles. The Kier molecular flexibility index (Phi) is 3.81. The van der Waals surface area contributed by atoms with Crippen LogP contribution in [0.1, 0.15) is 17.2 Å². The summed E-state index contributed by atoms with van der Waals surface area (Å²) < 4.78 is 1.11. The van der Waals surface area contributed by atoms with Gasteiger partial charge in [-0.25, -0.2) is 0 Å². The Morgan fingerprint density at radius 2 is 1.75 bits per heavy atom. The number of fused-ring (bicyclic) bond motifs is 1. The number of hydrogen-bond donors (Lipinski definition) is 1. The van der Waals surface area contributed by atoms with Gasteiger partial charge in [0.2, 0.25) is 0 Å². The van der Waals surface area contributed by atoms with Crippen molar-refractivity contribution >= 4 is 26.8 Å². The van der Waals surface area contributed by atoms with Crippen LogP contribution in [-0.2, 0) is 0 Å². The molecule has 1 unspecified atom stereocenters. The molecule has 0 radical (unpaired) electrons. The second-order valence-corrected chi connectivity index (χ2v) is 5.51. The lowest BCUT2D eigenvalue weighted by Gasteiger charge is -2.20. The molecule has 0 spiro atoms. The molecule has 20 heavy (non-hydrogen) atoms. The number of pyridine rings is 1.